The Kier molecular flexibility index (Phi) is 8.96. The first kappa shape index (κ1) is 28.0. The van der Waals surface area contributed by atoms with E-state index in [0.29, 0.717) is 5.75 Å². The van der Waals surface area contributed by atoms with Crippen molar-refractivity contribution in [2.45, 2.75) is 17.9 Å². The molecule has 7 nitrogen and oxygen atoms in total. The first-order chi connectivity index (χ1) is 19.5. The van der Waals surface area contributed by atoms with Crippen LogP contribution >= 0.6 is 24.4 Å². The van der Waals surface area contributed by atoms with Crippen molar-refractivity contribution in [3.05, 3.63) is 146 Å². The molecule has 0 radical (unpaired) electrons. The smallest absolute Gasteiger partial charge is 0.330 e. The number of aromatic amines is 1. The minimum atomic E-state index is -0.947. The monoisotopic (exact) mass is 574 g/mol. The van der Waals surface area contributed by atoms with E-state index in [2.05, 4.69) is 41.9 Å². The Morgan fingerprint density at radius 1 is 0.925 bits per heavy atom. The number of benzene rings is 3. The number of thioether (sulfide) groups is 1. The maximum atomic E-state index is 12.6. The molecule has 0 unspecified atom stereocenters. The van der Waals surface area contributed by atoms with Crippen LogP contribution in [0.15, 0.2) is 118 Å². The van der Waals surface area contributed by atoms with E-state index in [4.69, 9.17) is 14.2 Å². The van der Waals surface area contributed by atoms with Gasteiger partial charge in [-0.15, -0.1) is 11.8 Å². The maximum absolute atomic E-state index is 12.6. The number of aromatic nitrogens is 2. The van der Waals surface area contributed by atoms with E-state index in [-0.39, 0.29) is 6.61 Å². The number of methoxy groups -OCH3 is 1. The molecule has 40 heavy (non-hydrogen) atoms. The summed E-state index contributed by atoms with van der Waals surface area (Å²) >= 11 is 5.91. The summed E-state index contributed by atoms with van der Waals surface area (Å²) in [6.45, 7) is 0.204. The van der Waals surface area contributed by atoms with E-state index in [1.54, 1.807) is 18.9 Å². The Morgan fingerprint density at radius 2 is 1.55 bits per heavy atom. The average molecular weight is 575 g/mol. The number of nitrogens with one attached hydrogen (secondary N) is 1. The fourth-order valence-corrected chi connectivity index (χ4v) is 6.01. The topological polar surface area (TPSA) is 82.5 Å². The predicted octanol–water partition coefficient (Wildman–Crippen LogP) is 5.00. The summed E-state index contributed by atoms with van der Waals surface area (Å²) in [6, 6.07) is 29.4. The van der Waals surface area contributed by atoms with Crippen LogP contribution in [0.2, 0.25) is 0 Å². The molecule has 1 aliphatic heterocycles. The minimum absolute atomic E-state index is 0.204. The van der Waals surface area contributed by atoms with Crippen molar-refractivity contribution in [2.75, 3.05) is 25.2 Å². The second kappa shape index (κ2) is 12.8. The molecule has 206 valence electrons. The molecular formula is C31H30N2O5S2. The van der Waals surface area contributed by atoms with Crippen molar-refractivity contribution < 1.29 is 14.2 Å². The van der Waals surface area contributed by atoms with Crippen LogP contribution in [0.3, 0.4) is 0 Å². The van der Waals surface area contributed by atoms with Crippen LogP contribution in [0.25, 0.3) is 0 Å². The molecule has 3 aromatic carbocycles. The van der Waals surface area contributed by atoms with Crippen molar-refractivity contribution in [2.24, 2.45) is 0 Å². The second-order valence-corrected chi connectivity index (χ2v) is 10.8. The van der Waals surface area contributed by atoms with Gasteiger partial charge in [-0.2, -0.15) is 12.6 Å². The van der Waals surface area contributed by atoms with Crippen molar-refractivity contribution in [3.63, 3.8) is 0 Å². The Morgan fingerprint density at radius 3 is 2.12 bits per heavy atom. The van der Waals surface area contributed by atoms with Crippen LogP contribution in [0.5, 0.6) is 5.75 Å². The van der Waals surface area contributed by atoms with Crippen LogP contribution in [-0.4, -0.2) is 40.9 Å². The van der Waals surface area contributed by atoms with Crippen LogP contribution in [0, 0.1) is 0 Å². The molecule has 2 heterocycles. The summed E-state index contributed by atoms with van der Waals surface area (Å²) in [5.74, 6) is 2.16. The van der Waals surface area contributed by atoms with E-state index in [1.807, 2.05) is 66.7 Å². The Hall–Kier alpha value is -3.50. The molecule has 5 rings (SSSR count). The van der Waals surface area contributed by atoms with Gasteiger partial charge in [0.2, 0.25) is 0 Å². The highest BCUT2D eigenvalue weighted by Crippen LogP contribution is 2.42. The standard InChI is InChI=1S/C31H30N2O5S2/c1-36-25-14-12-24(13-15-25)31(22-8-4-2-5-9-22,23-10-6-3-7-11-23)37-21-26-20-27(40-19-18-39)29(38-26)33-17-16-28(34)32-30(33)35/h2-17,20,26,29,39H,18-19,21H2,1H3,(H,32,34,35)/t26-,29+/m0/s1. The summed E-state index contributed by atoms with van der Waals surface area (Å²) in [6.07, 6.45) is 2.33. The maximum Gasteiger partial charge on any atom is 0.330 e. The molecule has 1 N–H and O–H groups in total. The molecule has 0 aliphatic carbocycles. The first-order valence-corrected chi connectivity index (χ1v) is 14.5. The van der Waals surface area contributed by atoms with Gasteiger partial charge in [0.1, 0.15) is 17.5 Å². The molecule has 1 aromatic heterocycles. The Balaban J connectivity index is 1.54. The number of nitrogens with zero attached hydrogens (tertiary/aromatic N) is 1. The first-order valence-electron chi connectivity index (χ1n) is 12.9. The van der Waals surface area contributed by atoms with E-state index in [1.165, 1.54) is 16.8 Å². The molecule has 0 spiro atoms. The minimum Gasteiger partial charge on any atom is -0.497 e. The van der Waals surface area contributed by atoms with Gasteiger partial charge >= 0.3 is 5.69 Å². The van der Waals surface area contributed by atoms with Gasteiger partial charge in [-0.05, 0) is 40.7 Å². The quantitative estimate of drug-likeness (QED) is 0.194. The normalized spacial score (nSPS) is 17.0. The summed E-state index contributed by atoms with van der Waals surface area (Å²) < 4.78 is 20.1. The van der Waals surface area contributed by atoms with Gasteiger partial charge in [0.05, 0.1) is 13.7 Å². The largest absolute Gasteiger partial charge is 0.497 e. The van der Waals surface area contributed by atoms with Gasteiger partial charge in [-0.1, -0.05) is 72.8 Å². The highest BCUT2D eigenvalue weighted by molar-refractivity contribution is 8.03. The van der Waals surface area contributed by atoms with Crippen molar-refractivity contribution in [1.82, 2.24) is 9.55 Å². The van der Waals surface area contributed by atoms with E-state index < -0.39 is 29.2 Å². The fourth-order valence-electron chi connectivity index (χ4n) is 4.85. The third-order valence-corrected chi connectivity index (χ3v) is 8.29. The molecular weight excluding hydrogens is 544 g/mol. The lowest BCUT2D eigenvalue weighted by Crippen LogP contribution is -2.36. The van der Waals surface area contributed by atoms with Crippen LogP contribution in [0.4, 0.5) is 0 Å². The summed E-state index contributed by atoms with van der Waals surface area (Å²) in [4.78, 5) is 27.5. The highest BCUT2D eigenvalue weighted by Gasteiger charge is 2.39. The highest BCUT2D eigenvalue weighted by atomic mass is 32.2. The fraction of sp³-hybridized carbons (Fsp3) is 0.226. The van der Waals surface area contributed by atoms with Crippen LogP contribution in [0.1, 0.15) is 22.9 Å². The SMILES string of the molecule is COc1ccc(C(OC[C@@H]2C=C(SCCS)[C@H](n3ccc(=O)[nH]c3=O)O2)(c2ccccc2)c2ccccc2)cc1. The van der Waals surface area contributed by atoms with Gasteiger partial charge in [0, 0.05) is 22.9 Å². The average Bonchev–Trinajstić information content (AvgIpc) is 3.40. The zero-order valence-corrected chi connectivity index (χ0v) is 23.6. The third kappa shape index (κ3) is 5.83. The predicted molar refractivity (Wildman–Crippen MR) is 161 cm³/mol. The number of thiol groups is 1. The van der Waals surface area contributed by atoms with Crippen molar-refractivity contribution in [3.8, 4) is 5.75 Å². The van der Waals surface area contributed by atoms with Gasteiger partial charge in [0.25, 0.3) is 5.56 Å². The second-order valence-electron chi connectivity index (χ2n) is 9.14. The molecule has 4 aromatic rings. The number of ether oxygens (including phenoxy) is 3. The number of H-pyrrole nitrogens is 1. The molecule has 0 saturated heterocycles. The molecule has 0 bridgehead atoms. The summed E-state index contributed by atoms with van der Waals surface area (Å²) in [7, 11) is 1.64. The molecule has 9 heteroatoms. The number of rotatable bonds is 11. The lowest BCUT2D eigenvalue weighted by Gasteiger charge is -2.36. The lowest BCUT2D eigenvalue weighted by molar-refractivity contribution is -0.0690. The van der Waals surface area contributed by atoms with Crippen molar-refractivity contribution >= 4 is 24.4 Å². The third-order valence-electron chi connectivity index (χ3n) is 6.68. The van der Waals surface area contributed by atoms with Gasteiger partial charge in [-0.3, -0.25) is 14.3 Å². The van der Waals surface area contributed by atoms with E-state index in [0.717, 1.165) is 33.1 Å². The van der Waals surface area contributed by atoms with Gasteiger partial charge in [0.15, 0.2) is 6.23 Å². The number of hydrogen-bond acceptors (Lipinski definition) is 7. The van der Waals surface area contributed by atoms with Crippen molar-refractivity contribution in [1.29, 1.82) is 0 Å². The van der Waals surface area contributed by atoms with Gasteiger partial charge in [-0.25, -0.2) is 4.79 Å². The Bertz CT molecular complexity index is 1510. The summed E-state index contributed by atoms with van der Waals surface area (Å²) in [5, 5.41) is 0. The van der Waals surface area contributed by atoms with E-state index in [9.17, 15) is 9.59 Å². The summed E-state index contributed by atoms with van der Waals surface area (Å²) in [5.41, 5.74) is 0.931. The zero-order valence-electron chi connectivity index (χ0n) is 21.9. The van der Waals surface area contributed by atoms with E-state index >= 15 is 0 Å². The molecule has 0 saturated carbocycles. The Labute approximate surface area is 242 Å². The van der Waals surface area contributed by atoms with Crippen LogP contribution < -0.4 is 16.0 Å². The number of hydrogen-bond donors (Lipinski definition) is 2. The zero-order chi connectivity index (χ0) is 28.0. The molecule has 2 atom stereocenters. The molecule has 0 amide bonds. The molecule has 0 fully saturated rings. The van der Waals surface area contributed by atoms with Gasteiger partial charge < -0.3 is 14.2 Å². The lowest BCUT2D eigenvalue weighted by atomic mass is 9.80. The molecule has 1 aliphatic rings. The van der Waals surface area contributed by atoms with Crippen LogP contribution in [-0.2, 0) is 15.1 Å².